The average Bonchev–Trinajstić information content (AvgIpc) is 2.74. The first-order valence-corrected chi connectivity index (χ1v) is 9.26. The van der Waals surface area contributed by atoms with Gasteiger partial charge in [0.05, 0.1) is 7.11 Å². The molecule has 1 amide bonds. The van der Waals surface area contributed by atoms with Gasteiger partial charge < -0.3 is 24.2 Å². The molecule has 154 valence electrons. The lowest BCUT2D eigenvalue weighted by atomic mass is 10.1. The molecule has 0 aliphatic heterocycles. The first-order chi connectivity index (χ1) is 14.1. The highest BCUT2D eigenvalue weighted by Crippen LogP contribution is 2.39. The van der Waals surface area contributed by atoms with E-state index in [1.807, 2.05) is 24.3 Å². The molecule has 0 saturated carbocycles. The molecule has 0 aromatic heterocycles. The Labute approximate surface area is 171 Å². The summed E-state index contributed by atoms with van der Waals surface area (Å²) in [5.74, 6) is 1.75. The van der Waals surface area contributed by atoms with Crippen LogP contribution in [0.5, 0.6) is 23.0 Å². The Morgan fingerprint density at radius 1 is 1.00 bits per heavy atom. The van der Waals surface area contributed by atoms with Crippen LogP contribution < -0.4 is 14.2 Å². The number of benzene rings is 2. The summed E-state index contributed by atoms with van der Waals surface area (Å²) in [6.07, 6.45) is 4.78. The van der Waals surface area contributed by atoms with E-state index in [0.29, 0.717) is 50.0 Å². The van der Waals surface area contributed by atoms with Gasteiger partial charge in [-0.1, -0.05) is 37.4 Å². The van der Waals surface area contributed by atoms with Crippen molar-refractivity contribution in [3.05, 3.63) is 72.8 Å². The third-order valence-corrected chi connectivity index (χ3v) is 4.16. The summed E-state index contributed by atoms with van der Waals surface area (Å²) >= 11 is 0. The van der Waals surface area contributed by atoms with Crippen molar-refractivity contribution in [2.45, 2.75) is 13.0 Å². The predicted octanol–water partition coefficient (Wildman–Crippen LogP) is 3.73. The maximum atomic E-state index is 11.6. The predicted molar refractivity (Wildman–Crippen MR) is 113 cm³/mol. The standard InChI is InChI=1S/C23H27NO5/c1-4-12-28-21-14-19(15-22(23(21)27-3)29-13-5-2)16-24(17-25)11-10-18-6-8-20(26)9-7-18/h4-9,14-15,17,26H,1-2,10-13,16H2,3H3. The van der Waals surface area contributed by atoms with Crippen LogP contribution >= 0.6 is 0 Å². The van der Waals surface area contributed by atoms with Gasteiger partial charge in [0, 0.05) is 13.1 Å². The molecule has 0 bridgehead atoms. The molecule has 2 aromatic carbocycles. The summed E-state index contributed by atoms with van der Waals surface area (Å²) < 4.78 is 16.9. The molecule has 6 nitrogen and oxygen atoms in total. The molecule has 0 aliphatic rings. The number of rotatable bonds is 13. The number of amides is 1. The molecule has 0 fully saturated rings. The van der Waals surface area contributed by atoms with Crippen LogP contribution in [0.3, 0.4) is 0 Å². The average molecular weight is 397 g/mol. The molecule has 1 N–H and O–H groups in total. The van der Waals surface area contributed by atoms with Crippen LogP contribution in [-0.4, -0.2) is 43.3 Å². The number of aromatic hydroxyl groups is 1. The Morgan fingerprint density at radius 3 is 2.07 bits per heavy atom. The normalized spacial score (nSPS) is 10.1. The molecule has 0 unspecified atom stereocenters. The lowest BCUT2D eigenvalue weighted by Gasteiger charge is -2.20. The minimum atomic E-state index is 0.221. The third-order valence-electron chi connectivity index (χ3n) is 4.16. The van der Waals surface area contributed by atoms with Gasteiger partial charge in [-0.25, -0.2) is 0 Å². The van der Waals surface area contributed by atoms with Crippen LogP contribution in [0.4, 0.5) is 0 Å². The molecule has 0 aliphatic carbocycles. The number of carbonyl (C=O) groups is 1. The van der Waals surface area contributed by atoms with Gasteiger partial charge in [-0.05, 0) is 41.8 Å². The van der Waals surface area contributed by atoms with Crippen LogP contribution in [0.15, 0.2) is 61.7 Å². The second-order valence-electron chi connectivity index (χ2n) is 6.32. The molecule has 2 rings (SSSR count). The number of hydrogen-bond acceptors (Lipinski definition) is 5. The number of nitrogens with zero attached hydrogens (tertiary/aromatic N) is 1. The highest BCUT2D eigenvalue weighted by atomic mass is 16.5. The van der Waals surface area contributed by atoms with Crippen molar-refractivity contribution >= 4 is 6.41 Å². The van der Waals surface area contributed by atoms with E-state index in [1.54, 1.807) is 36.3 Å². The summed E-state index contributed by atoms with van der Waals surface area (Å²) in [6, 6.07) is 10.6. The summed E-state index contributed by atoms with van der Waals surface area (Å²) in [5.41, 5.74) is 1.89. The number of hydrogen-bond donors (Lipinski definition) is 1. The Balaban J connectivity index is 2.18. The summed E-state index contributed by atoms with van der Waals surface area (Å²) in [6.45, 7) is 8.89. The van der Waals surface area contributed by atoms with Gasteiger partial charge in [-0.15, -0.1) is 0 Å². The molecule has 0 spiro atoms. The van der Waals surface area contributed by atoms with Crippen molar-refractivity contribution in [1.82, 2.24) is 4.90 Å². The van der Waals surface area contributed by atoms with Gasteiger partial charge in [0.15, 0.2) is 11.5 Å². The molecule has 0 saturated heterocycles. The number of carbonyl (C=O) groups excluding carboxylic acids is 1. The third kappa shape index (κ3) is 6.60. The quantitative estimate of drug-likeness (QED) is 0.412. The van der Waals surface area contributed by atoms with Crippen molar-refractivity contribution in [2.75, 3.05) is 26.9 Å². The SMILES string of the molecule is C=CCOc1cc(CN(C=O)CCc2ccc(O)cc2)cc(OCC=C)c1OC. The van der Waals surface area contributed by atoms with Crippen molar-refractivity contribution in [3.63, 3.8) is 0 Å². The molecule has 0 radical (unpaired) electrons. The zero-order valence-electron chi connectivity index (χ0n) is 16.7. The number of phenolic OH excluding ortho intramolecular Hbond substituents is 1. The van der Waals surface area contributed by atoms with Crippen LogP contribution in [0.2, 0.25) is 0 Å². The minimum absolute atomic E-state index is 0.221. The topological polar surface area (TPSA) is 68.2 Å². The van der Waals surface area contributed by atoms with E-state index in [2.05, 4.69) is 13.2 Å². The van der Waals surface area contributed by atoms with Crippen molar-refractivity contribution in [1.29, 1.82) is 0 Å². The summed E-state index contributed by atoms with van der Waals surface area (Å²) in [7, 11) is 1.55. The van der Waals surface area contributed by atoms with Gasteiger partial charge >= 0.3 is 0 Å². The van der Waals surface area contributed by atoms with Crippen LogP contribution in [0.25, 0.3) is 0 Å². The van der Waals surface area contributed by atoms with Gasteiger partial charge in [-0.2, -0.15) is 0 Å². The van der Waals surface area contributed by atoms with Gasteiger partial charge in [0.2, 0.25) is 12.2 Å². The lowest BCUT2D eigenvalue weighted by molar-refractivity contribution is -0.118. The van der Waals surface area contributed by atoms with E-state index < -0.39 is 0 Å². The summed E-state index contributed by atoms with van der Waals surface area (Å²) in [4.78, 5) is 13.3. The van der Waals surface area contributed by atoms with E-state index in [9.17, 15) is 9.90 Å². The van der Waals surface area contributed by atoms with Gasteiger partial charge in [-0.3, -0.25) is 4.79 Å². The second-order valence-corrected chi connectivity index (χ2v) is 6.32. The number of phenols is 1. The molecule has 0 heterocycles. The largest absolute Gasteiger partial charge is 0.508 e. The lowest BCUT2D eigenvalue weighted by Crippen LogP contribution is -2.24. The Kier molecular flexibility index (Phi) is 8.63. The minimum Gasteiger partial charge on any atom is -0.508 e. The van der Waals surface area contributed by atoms with E-state index in [4.69, 9.17) is 14.2 Å². The van der Waals surface area contributed by atoms with E-state index in [-0.39, 0.29) is 5.75 Å². The highest BCUT2D eigenvalue weighted by molar-refractivity contribution is 5.55. The van der Waals surface area contributed by atoms with Crippen molar-refractivity contribution in [3.8, 4) is 23.0 Å². The van der Waals surface area contributed by atoms with Crippen molar-refractivity contribution in [2.24, 2.45) is 0 Å². The van der Waals surface area contributed by atoms with Crippen molar-refractivity contribution < 1.29 is 24.1 Å². The maximum absolute atomic E-state index is 11.6. The first kappa shape index (κ1) is 21.9. The Bertz CT molecular complexity index is 784. The molecule has 2 aromatic rings. The smallest absolute Gasteiger partial charge is 0.210 e. The molecule has 6 heteroatoms. The monoisotopic (exact) mass is 397 g/mol. The number of ether oxygens (including phenoxy) is 3. The molecular formula is C23H27NO5. The van der Waals surface area contributed by atoms with Crippen LogP contribution in [-0.2, 0) is 17.8 Å². The molecule has 0 atom stereocenters. The van der Waals surface area contributed by atoms with E-state index in [1.165, 1.54) is 0 Å². The zero-order valence-corrected chi connectivity index (χ0v) is 16.7. The zero-order chi connectivity index (χ0) is 21.1. The molecular weight excluding hydrogens is 370 g/mol. The van der Waals surface area contributed by atoms with E-state index >= 15 is 0 Å². The van der Waals surface area contributed by atoms with E-state index in [0.717, 1.165) is 17.5 Å². The first-order valence-electron chi connectivity index (χ1n) is 9.26. The Hall–Kier alpha value is -3.41. The fraction of sp³-hybridized carbons (Fsp3) is 0.261. The second kappa shape index (κ2) is 11.4. The Morgan fingerprint density at radius 2 is 1.59 bits per heavy atom. The fourth-order valence-electron chi connectivity index (χ4n) is 2.77. The number of methoxy groups -OCH3 is 1. The summed E-state index contributed by atoms with van der Waals surface area (Å²) in [5, 5.41) is 9.38. The molecule has 29 heavy (non-hydrogen) atoms. The fourth-order valence-corrected chi connectivity index (χ4v) is 2.77. The van der Waals surface area contributed by atoms with Gasteiger partial charge in [0.1, 0.15) is 19.0 Å². The maximum Gasteiger partial charge on any atom is 0.210 e. The van der Waals surface area contributed by atoms with Gasteiger partial charge in [0.25, 0.3) is 0 Å². The highest BCUT2D eigenvalue weighted by Gasteiger charge is 2.16. The van der Waals surface area contributed by atoms with Crippen LogP contribution in [0, 0.1) is 0 Å². The van der Waals surface area contributed by atoms with Crippen LogP contribution in [0.1, 0.15) is 11.1 Å².